The summed E-state index contributed by atoms with van der Waals surface area (Å²) in [5.41, 5.74) is 0.695. The Kier molecular flexibility index (Phi) is 4.28. The van der Waals surface area contributed by atoms with Crippen molar-refractivity contribution >= 4 is 11.6 Å². The van der Waals surface area contributed by atoms with Crippen LogP contribution < -0.4 is 5.32 Å². The second-order valence-corrected chi connectivity index (χ2v) is 3.63. The Morgan fingerprint density at radius 1 is 1.53 bits per heavy atom. The van der Waals surface area contributed by atoms with E-state index in [0.29, 0.717) is 23.8 Å². The molecule has 0 bridgehead atoms. The summed E-state index contributed by atoms with van der Waals surface area (Å²) in [5, 5.41) is 3.24. The maximum atomic E-state index is 11.6. The smallest absolute Gasteiger partial charge is 0.166 e. The molecule has 0 saturated heterocycles. The van der Waals surface area contributed by atoms with Gasteiger partial charge in [-0.1, -0.05) is 13.8 Å². The summed E-state index contributed by atoms with van der Waals surface area (Å²) in [5.74, 6) is 0.840. The van der Waals surface area contributed by atoms with E-state index < -0.39 is 0 Å². The summed E-state index contributed by atoms with van der Waals surface area (Å²) < 4.78 is 0. The second kappa shape index (κ2) is 5.49. The van der Waals surface area contributed by atoms with Gasteiger partial charge in [0.1, 0.15) is 5.82 Å². The molecule has 1 unspecified atom stereocenters. The van der Waals surface area contributed by atoms with E-state index in [9.17, 15) is 4.79 Å². The van der Waals surface area contributed by atoms with E-state index in [1.165, 1.54) is 0 Å². The number of carbonyl (C=O) groups excluding carboxylic acids is 1. The summed E-state index contributed by atoms with van der Waals surface area (Å²) in [7, 11) is 0. The van der Waals surface area contributed by atoms with Crippen LogP contribution >= 0.6 is 0 Å². The van der Waals surface area contributed by atoms with Crippen LogP contribution in [0.5, 0.6) is 0 Å². The lowest BCUT2D eigenvalue weighted by atomic mass is 10.1. The van der Waals surface area contributed by atoms with E-state index in [0.717, 1.165) is 6.42 Å². The Balaban J connectivity index is 2.91. The van der Waals surface area contributed by atoms with Crippen molar-refractivity contribution in [1.82, 2.24) is 4.98 Å². The predicted molar refractivity (Wildman–Crippen MR) is 62.2 cm³/mol. The van der Waals surface area contributed by atoms with Gasteiger partial charge in [-0.2, -0.15) is 0 Å². The summed E-state index contributed by atoms with van der Waals surface area (Å²) in [6.07, 6.45) is 3.23. The van der Waals surface area contributed by atoms with Gasteiger partial charge in [-0.3, -0.25) is 4.79 Å². The number of hydrogen-bond donors (Lipinski definition) is 1. The van der Waals surface area contributed by atoms with Crippen molar-refractivity contribution in [3.8, 4) is 0 Å². The summed E-state index contributed by atoms with van der Waals surface area (Å²) in [6, 6.07) is 3.96. The fraction of sp³-hybridized carbons (Fsp3) is 0.500. The molecule has 1 atom stereocenters. The van der Waals surface area contributed by atoms with Crippen molar-refractivity contribution < 1.29 is 4.79 Å². The number of nitrogens with one attached hydrogen (secondary N) is 1. The van der Waals surface area contributed by atoms with E-state index >= 15 is 0 Å². The van der Waals surface area contributed by atoms with Crippen LogP contribution in [0.25, 0.3) is 0 Å². The van der Waals surface area contributed by atoms with Crippen molar-refractivity contribution in [2.75, 3.05) is 5.32 Å². The molecule has 1 rings (SSSR count). The first-order chi connectivity index (χ1) is 7.19. The highest BCUT2D eigenvalue weighted by atomic mass is 16.1. The van der Waals surface area contributed by atoms with Crippen molar-refractivity contribution in [3.63, 3.8) is 0 Å². The zero-order chi connectivity index (χ0) is 11.3. The van der Waals surface area contributed by atoms with Gasteiger partial charge in [0.25, 0.3) is 0 Å². The van der Waals surface area contributed by atoms with Gasteiger partial charge in [-0.05, 0) is 25.5 Å². The number of aromatic nitrogens is 1. The van der Waals surface area contributed by atoms with Gasteiger partial charge in [0.15, 0.2) is 5.78 Å². The highest BCUT2D eigenvalue weighted by Crippen LogP contribution is 2.15. The number of Topliss-reactive ketones (excluding diaryl/α,β-unsaturated/α-hetero) is 1. The molecule has 1 aromatic rings. The largest absolute Gasteiger partial charge is 0.367 e. The zero-order valence-electron chi connectivity index (χ0n) is 9.58. The van der Waals surface area contributed by atoms with Crippen LogP contribution in [-0.4, -0.2) is 16.8 Å². The monoisotopic (exact) mass is 206 g/mol. The van der Waals surface area contributed by atoms with Crippen LogP contribution in [0.2, 0.25) is 0 Å². The highest BCUT2D eigenvalue weighted by Gasteiger charge is 2.11. The van der Waals surface area contributed by atoms with Crippen LogP contribution in [0, 0.1) is 0 Å². The normalized spacial score (nSPS) is 12.2. The Hall–Kier alpha value is -1.38. The highest BCUT2D eigenvalue weighted by molar-refractivity contribution is 6.00. The molecule has 82 valence electrons. The van der Waals surface area contributed by atoms with E-state index in [2.05, 4.69) is 24.1 Å². The number of pyridine rings is 1. The molecule has 0 aliphatic carbocycles. The fourth-order valence-corrected chi connectivity index (χ4v) is 1.27. The molecule has 0 saturated carbocycles. The van der Waals surface area contributed by atoms with Crippen LogP contribution in [0.1, 0.15) is 44.0 Å². The van der Waals surface area contributed by atoms with Crippen LogP contribution in [-0.2, 0) is 0 Å². The lowest BCUT2D eigenvalue weighted by Gasteiger charge is -2.14. The Labute approximate surface area is 90.9 Å². The molecule has 0 fully saturated rings. The standard InChI is InChI=1S/C12H18N2O/c1-4-9(3)14-12-10(11(15)5-2)7-6-8-13-12/h6-9H,4-5H2,1-3H3,(H,13,14). The maximum Gasteiger partial charge on any atom is 0.166 e. The molecule has 3 nitrogen and oxygen atoms in total. The third-order valence-electron chi connectivity index (χ3n) is 2.42. The van der Waals surface area contributed by atoms with Gasteiger partial charge in [0.2, 0.25) is 0 Å². The van der Waals surface area contributed by atoms with Crippen LogP contribution in [0.15, 0.2) is 18.3 Å². The first-order valence-electron chi connectivity index (χ1n) is 5.43. The Morgan fingerprint density at radius 2 is 2.27 bits per heavy atom. The Bertz CT molecular complexity index is 336. The lowest BCUT2D eigenvalue weighted by Crippen LogP contribution is -2.17. The molecule has 15 heavy (non-hydrogen) atoms. The molecule has 0 spiro atoms. The van der Waals surface area contributed by atoms with Gasteiger partial charge < -0.3 is 5.32 Å². The molecule has 0 aliphatic rings. The number of carbonyl (C=O) groups is 1. The van der Waals surface area contributed by atoms with E-state index in [-0.39, 0.29) is 5.78 Å². The van der Waals surface area contributed by atoms with Gasteiger partial charge in [-0.15, -0.1) is 0 Å². The third-order valence-corrected chi connectivity index (χ3v) is 2.42. The van der Waals surface area contributed by atoms with E-state index in [4.69, 9.17) is 0 Å². The lowest BCUT2D eigenvalue weighted by molar-refractivity contribution is 0.0988. The summed E-state index contributed by atoms with van der Waals surface area (Å²) >= 11 is 0. The van der Waals surface area contributed by atoms with Crippen molar-refractivity contribution in [1.29, 1.82) is 0 Å². The van der Waals surface area contributed by atoms with Gasteiger partial charge >= 0.3 is 0 Å². The van der Waals surface area contributed by atoms with Crippen LogP contribution in [0.3, 0.4) is 0 Å². The van der Waals surface area contributed by atoms with E-state index in [1.807, 2.05) is 13.0 Å². The number of ketones is 1. The van der Waals surface area contributed by atoms with Gasteiger partial charge in [0, 0.05) is 18.7 Å². The molecular formula is C12H18N2O. The Morgan fingerprint density at radius 3 is 2.87 bits per heavy atom. The van der Waals surface area contributed by atoms with Gasteiger partial charge in [0.05, 0.1) is 5.56 Å². The minimum absolute atomic E-state index is 0.133. The number of nitrogens with zero attached hydrogens (tertiary/aromatic N) is 1. The van der Waals surface area contributed by atoms with E-state index in [1.54, 1.807) is 12.3 Å². The summed E-state index contributed by atoms with van der Waals surface area (Å²) in [4.78, 5) is 15.8. The maximum absolute atomic E-state index is 11.6. The van der Waals surface area contributed by atoms with Crippen molar-refractivity contribution in [2.45, 2.75) is 39.7 Å². The average Bonchev–Trinajstić information content (AvgIpc) is 2.28. The van der Waals surface area contributed by atoms with Gasteiger partial charge in [-0.25, -0.2) is 4.98 Å². The zero-order valence-corrected chi connectivity index (χ0v) is 9.58. The van der Waals surface area contributed by atoms with Crippen molar-refractivity contribution in [2.24, 2.45) is 0 Å². The third kappa shape index (κ3) is 3.05. The minimum Gasteiger partial charge on any atom is -0.367 e. The first-order valence-corrected chi connectivity index (χ1v) is 5.43. The molecule has 0 aromatic carbocycles. The number of hydrogen-bond acceptors (Lipinski definition) is 3. The molecular weight excluding hydrogens is 188 g/mol. The topological polar surface area (TPSA) is 42.0 Å². The molecule has 1 heterocycles. The van der Waals surface area contributed by atoms with Crippen LogP contribution in [0.4, 0.5) is 5.82 Å². The SMILES string of the molecule is CCC(=O)c1cccnc1NC(C)CC. The first kappa shape index (κ1) is 11.7. The second-order valence-electron chi connectivity index (χ2n) is 3.63. The average molecular weight is 206 g/mol. The molecule has 0 aliphatic heterocycles. The molecule has 1 N–H and O–H groups in total. The fourth-order valence-electron chi connectivity index (χ4n) is 1.27. The minimum atomic E-state index is 0.133. The number of anilines is 1. The molecule has 0 amide bonds. The quantitative estimate of drug-likeness (QED) is 0.753. The molecule has 3 heteroatoms. The number of rotatable bonds is 5. The summed E-state index contributed by atoms with van der Waals surface area (Å²) in [6.45, 7) is 6.04. The molecule has 0 radical (unpaired) electrons. The molecule has 1 aromatic heterocycles. The predicted octanol–water partition coefficient (Wildman–Crippen LogP) is 2.88. The van der Waals surface area contributed by atoms with Crippen molar-refractivity contribution in [3.05, 3.63) is 23.9 Å².